The van der Waals surface area contributed by atoms with E-state index in [9.17, 15) is 9.59 Å². The van der Waals surface area contributed by atoms with Gasteiger partial charge < -0.3 is 20.1 Å². The van der Waals surface area contributed by atoms with E-state index in [-0.39, 0.29) is 13.0 Å². The topological polar surface area (TPSA) is 107 Å². The lowest BCUT2D eigenvalue weighted by atomic mass is 9.97. The highest BCUT2D eigenvalue weighted by atomic mass is 16.5. The van der Waals surface area contributed by atoms with Crippen molar-refractivity contribution >= 4 is 12.1 Å². The minimum Gasteiger partial charge on any atom is -0.479 e. The summed E-state index contributed by atoms with van der Waals surface area (Å²) in [7, 11) is 1.38. The molecule has 0 aromatic heterocycles. The van der Waals surface area contributed by atoms with Gasteiger partial charge in [0.2, 0.25) is 0 Å². The molecule has 0 saturated carbocycles. The third-order valence-electron chi connectivity index (χ3n) is 2.69. The maximum absolute atomic E-state index is 11.0. The molecule has 2 unspecified atom stereocenters. The number of ether oxygens (including phenoxy) is 1. The fraction of sp³-hybridized carbons (Fsp3) is 0.750. The Morgan fingerprint density at radius 2 is 2.13 bits per heavy atom. The predicted molar refractivity (Wildman–Crippen MR) is 47.6 cm³/mol. The molecular formula is C8H13NO6. The molecule has 0 aromatic carbocycles. The molecule has 3 N–H and O–H groups in total. The first-order valence-corrected chi connectivity index (χ1v) is 4.35. The second-order valence-electron chi connectivity index (χ2n) is 3.45. The first-order valence-electron chi connectivity index (χ1n) is 4.35. The number of aliphatic carboxylic acids is 1. The van der Waals surface area contributed by atoms with E-state index in [2.05, 4.69) is 0 Å². The number of likely N-dealkylation sites (tertiary alicyclic amines) is 1. The van der Waals surface area contributed by atoms with Gasteiger partial charge in [-0.3, -0.25) is 4.90 Å². The van der Waals surface area contributed by atoms with Crippen molar-refractivity contribution in [1.82, 2.24) is 4.90 Å². The van der Waals surface area contributed by atoms with Gasteiger partial charge in [-0.25, -0.2) is 9.59 Å². The van der Waals surface area contributed by atoms with Gasteiger partial charge in [-0.05, 0) is 0 Å². The maximum Gasteiger partial charge on any atom is 0.408 e. The number of rotatable bonds is 3. The van der Waals surface area contributed by atoms with Gasteiger partial charge in [0.1, 0.15) is 0 Å². The van der Waals surface area contributed by atoms with E-state index in [1.165, 1.54) is 7.11 Å². The molecule has 1 heterocycles. The number of carboxylic acid groups (broad SMARTS) is 2. The molecule has 1 rings (SSSR count). The molecule has 0 aromatic rings. The number of hydrogen-bond acceptors (Lipinski definition) is 4. The van der Waals surface area contributed by atoms with E-state index in [1.807, 2.05) is 0 Å². The van der Waals surface area contributed by atoms with E-state index in [4.69, 9.17) is 20.1 Å². The average molecular weight is 219 g/mol. The van der Waals surface area contributed by atoms with Crippen LogP contribution >= 0.6 is 0 Å². The van der Waals surface area contributed by atoms with Crippen LogP contribution in [0, 0.1) is 0 Å². The smallest absolute Gasteiger partial charge is 0.408 e. The summed E-state index contributed by atoms with van der Waals surface area (Å²) < 4.78 is 4.92. The van der Waals surface area contributed by atoms with Crippen molar-refractivity contribution in [1.29, 1.82) is 0 Å². The number of methoxy groups -OCH3 is 1. The number of carboxylic acids is 1. The molecule has 0 aliphatic carbocycles. The third-order valence-corrected chi connectivity index (χ3v) is 2.69. The van der Waals surface area contributed by atoms with Gasteiger partial charge in [0.05, 0.1) is 19.3 Å². The van der Waals surface area contributed by atoms with Crippen molar-refractivity contribution in [3.63, 3.8) is 0 Å². The fourth-order valence-electron chi connectivity index (χ4n) is 1.77. The third kappa shape index (κ3) is 1.75. The fourth-order valence-corrected chi connectivity index (χ4v) is 1.77. The Kier molecular flexibility index (Phi) is 3.15. The lowest BCUT2D eigenvalue weighted by Crippen LogP contribution is -2.55. The van der Waals surface area contributed by atoms with Crippen LogP contribution in [0.1, 0.15) is 6.42 Å². The van der Waals surface area contributed by atoms with Gasteiger partial charge in [0.15, 0.2) is 5.54 Å². The molecule has 0 bridgehead atoms. The van der Waals surface area contributed by atoms with Crippen LogP contribution in [0.4, 0.5) is 4.79 Å². The van der Waals surface area contributed by atoms with Crippen molar-refractivity contribution in [2.45, 2.75) is 18.1 Å². The van der Waals surface area contributed by atoms with Crippen LogP contribution in [0.15, 0.2) is 0 Å². The van der Waals surface area contributed by atoms with Crippen LogP contribution in [-0.4, -0.2) is 64.2 Å². The zero-order valence-electron chi connectivity index (χ0n) is 8.21. The Balaban J connectivity index is 3.02. The van der Waals surface area contributed by atoms with Crippen molar-refractivity contribution in [3.05, 3.63) is 0 Å². The molecular weight excluding hydrogens is 206 g/mol. The molecule has 0 radical (unpaired) electrons. The molecule has 15 heavy (non-hydrogen) atoms. The largest absolute Gasteiger partial charge is 0.479 e. The van der Waals surface area contributed by atoms with Gasteiger partial charge in [-0.15, -0.1) is 0 Å². The molecule has 1 aliphatic rings. The maximum atomic E-state index is 11.0. The second kappa shape index (κ2) is 4.03. The Morgan fingerprint density at radius 1 is 1.53 bits per heavy atom. The molecule has 0 spiro atoms. The first-order chi connectivity index (χ1) is 6.97. The number of aliphatic hydroxyl groups excluding tert-OH is 1. The van der Waals surface area contributed by atoms with E-state index in [0.717, 1.165) is 0 Å². The standard InChI is InChI=1S/C8H13NO6/c1-15-5-2-8(4-10,6(11)12)9(3-5)7(13)14/h5,10H,2-4H2,1H3,(H,11,12)(H,13,14). The lowest BCUT2D eigenvalue weighted by molar-refractivity contribution is -0.151. The molecule has 86 valence electrons. The molecule has 1 amide bonds. The number of amides is 1. The summed E-state index contributed by atoms with van der Waals surface area (Å²) in [5.74, 6) is -1.35. The highest BCUT2D eigenvalue weighted by Crippen LogP contribution is 2.31. The SMILES string of the molecule is COC1CN(C(=O)O)C(CO)(C(=O)O)C1. The summed E-state index contributed by atoms with van der Waals surface area (Å²) in [6.45, 7) is -0.798. The first kappa shape index (κ1) is 11.7. The summed E-state index contributed by atoms with van der Waals surface area (Å²) >= 11 is 0. The zero-order chi connectivity index (χ0) is 11.6. The summed E-state index contributed by atoms with van der Waals surface area (Å²) in [4.78, 5) is 22.6. The summed E-state index contributed by atoms with van der Waals surface area (Å²) in [5, 5.41) is 26.9. The van der Waals surface area contributed by atoms with Crippen molar-refractivity contribution < 1.29 is 29.6 Å². The number of nitrogens with zero attached hydrogens (tertiary/aromatic N) is 1. The van der Waals surface area contributed by atoms with E-state index < -0.39 is 30.3 Å². The predicted octanol–water partition coefficient (Wildman–Crippen LogP) is -0.799. The quantitative estimate of drug-likeness (QED) is 0.573. The van der Waals surface area contributed by atoms with Crippen molar-refractivity contribution in [2.24, 2.45) is 0 Å². The Morgan fingerprint density at radius 3 is 2.40 bits per heavy atom. The highest BCUT2D eigenvalue weighted by molar-refractivity contribution is 5.85. The lowest BCUT2D eigenvalue weighted by Gasteiger charge is -2.29. The molecule has 7 heteroatoms. The van der Waals surface area contributed by atoms with Gasteiger partial charge in [-0.2, -0.15) is 0 Å². The number of carbonyl (C=O) groups is 2. The van der Waals surface area contributed by atoms with Gasteiger partial charge in [-0.1, -0.05) is 0 Å². The van der Waals surface area contributed by atoms with E-state index >= 15 is 0 Å². The Hall–Kier alpha value is -1.34. The van der Waals surface area contributed by atoms with Crippen LogP contribution in [0.5, 0.6) is 0 Å². The van der Waals surface area contributed by atoms with Crippen LogP contribution < -0.4 is 0 Å². The van der Waals surface area contributed by atoms with Crippen LogP contribution in [-0.2, 0) is 9.53 Å². The van der Waals surface area contributed by atoms with Gasteiger partial charge in [0, 0.05) is 13.5 Å². The highest BCUT2D eigenvalue weighted by Gasteiger charge is 2.54. The minimum absolute atomic E-state index is 0.0400. The van der Waals surface area contributed by atoms with Crippen LogP contribution in [0.25, 0.3) is 0 Å². The van der Waals surface area contributed by atoms with E-state index in [0.29, 0.717) is 4.90 Å². The van der Waals surface area contributed by atoms with Crippen molar-refractivity contribution in [2.75, 3.05) is 20.3 Å². The molecule has 7 nitrogen and oxygen atoms in total. The Labute approximate surface area is 85.9 Å². The molecule has 1 fully saturated rings. The van der Waals surface area contributed by atoms with E-state index in [1.54, 1.807) is 0 Å². The summed E-state index contributed by atoms with van der Waals surface area (Å²) in [6.07, 6.45) is -1.91. The molecule has 1 aliphatic heterocycles. The normalized spacial score (nSPS) is 30.5. The van der Waals surface area contributed by atoms with Crippen LogP contribution in [0.2, 0.25) is 0 Å². The summed E-state index contributed by atoms with van der Waals surface area (Å²) in [5.41, 5.74) is -1.77. The summed E-state index contributed by atoms with van der Waals surface area (Å²) in [6, 6.07) is 0. The zero-order valence-corrected chi connectivity index (χ0v) is 8.21. The second-order valence-corrected chi connectivity index (χ2v) is 3.45. The Bertz CT molecular complexity index is 280. The number of hydrogen-bond donors (Lipinski definition) is 3. The molecule has 1 saturated heterocycles. The van der Waals surface area contributed by atoms with Crippen LogP contribution in [0.3, 0.4) is 0 Å². The minimum atomic E-state index is -1.77. The van der Waals surface area contributed by atoms with Gasteiger partial charge in [0.25, 0.3) is 0 Å². The van der Waals surface area contributed by atoms with Gasteiger partial charge >= 0.3 is 12.1 Å². The van der Waals surface area contributed by atoms with Crippen molar-refractivity contribution in [3.8, 4) is 0 Å². The average Bonchev–Trinajstić information content (AvgIpc) is 2.57. The number of aliphatic hydroxyl groups is 1. The molecule has 2 atom stereocenters. The monoisotopic (exact) mass is 219 g/mol.